The Labute approximate surface area is 262 Å². The van der Waals surface area contributed by atoms with E-state index >= 15 is 0 Å². The third-order valence-electron chi connectivity index (χ3n) is 8.44. The van der Waals surface area contributed by atoms with Gasteiger partial charge in [-0.2, -0.15) is 0 Å². The van der Waals surface area contributed by atoms with Crippen LogP contribution < -0.4 is 0 Å². The number of allylic oxidation sites excluding steroid dienone is 18. The van der Waals surface area contributed by atoms with E-state index in [4.69, 9.17) is 4.74 Å². The maximum Gasteiger partial charge on any atom is 0.338 e. The van der Waals surface area contributed by atoms with Crippen molar-refractivity contribution < 1.29 is 14.3 Å². The molecule has 0 saturated heterocycles. The molecule has 0 N–H and O–H groups in total. The minimum absolute atomic E-state index is 0.215. The van der Waals surface area contributed by atoms with Crippen LogP contribution in [0, 0.1) is 10.8 Å². The highest BCUT2D eigenvalue weighted by molar-refractivity contribution is 5.97. The molecule has 0 aromatic carbocycles. The predicted molar refractivity (Wildman–Crippen MR) is 183 cm³/mol. The predicted octanol–water partition coefficient (Wildman–Crippen LogP) is 11.1. The molecule has 0 bridgehead atoms. The molecule has 0 spiro atoms. The Bertz CT molecular complexity index is 1250. The molecule has 0 atom stereocenters. The molecule has 0 radical (unpaired) electrons. The van der Waals surface area contributed by atoms with E-state index in [2.05, 4.69) is 79.7 Å². The highest BCUT2D eigenvalue weighted by Gasteiger charge is 2.27. The minimum Gasteiger partial charge on any atom is -0.387 e. The number of carbonyl (C=O) groups excluding carboxylic acids is 2. The normalized spacial score (nSPS) is 20.8. The summed E-state index contributed by atoms with van der Waals surface area (Å²) in [5.41, 5.74) is 9.91. The van der Waals surface area contributed by atoms with Crippen LogP contribution in [0.15, 0.2) is 117 Å². The van der Waals surface area contributed by atoms with Crippen LogP contribution in [0.5, 0.6) is 0 Å². The van der Waals surface area contributed by atoms with E-state index in [1.54, 1.807) is 13.8 Å². The molecule has 3 nitrogen and oxygen atoms in total. The highest BCUT2D eigenvalue weighted by atomic mass is 16.6. The average Bonchev–Trinajstić information content (AvgIpc) is 2.87. The van der Waals surface area contributed by atoms with E-state index in [0.717, 1.165) is 11.1 Å². The van der Waals surface area contributed by atoms with Crippen LogP contribution in [-0.4, -0.2) is 11.9 Å². The monoisotopic (exact) mass is 582 g/mol. The lowest BCUT2D eigenvalue weighted by Gasteiger charge is -2.33. The Hall–Kier alpha value is -3.46. The zero-order valence-electron chi connectivity index (χ0n) is 28.4. The van der Waals surface area contributed by atoms with Crippen molar-refractivity contribution in [2.45, 2.75) is 108 Å². The SMILES string of the molecule is CC1=C(/C=C/C(C)=C/C=C/C(C)=C\C(=O)OC(=O)/C=C(C)/C=C/C=C(C)/C=C/C2=C(C)CCCC2(C)C)C(C)(C)CCC1. The summed E-state index contributed by atoms with van der Waals surface area (Å²) in [5, 5.41) is 0. The quantitative estimate of drug-likeness (QED) is 0.111. The summed E-state index contributed by atoms with van der Waals surface area (Å²) in [7, 11) is 0. The first kappa shape index (κ1) is 35.7. The van der Waals surface area contributed by atoms with Gasteiger partial charge in [-0.25, -0.2) is 9.59 Å². The van der Waals surface area contributed by atoms with Gasteiger partial charge in [0, 0.05) is 12.2 Å². The Balaban J connectivity index is 1.90. The second kappa shape index (κ2) is 16.4. The van der Waals surface area contributed by atoms with E-state index in [9.17, 15) is 9.59 Å². The molecular formula is C40H54O3. The fraction of sp³-hybridized carbons (Fsp3) is 0.450. The fourth-order valence-corrected chi connectivity index (χ4v) is 5.89. The van der Waals surface area contributed by atoms with Gasteiger partial charge < -0.3 is 4.74 Å². The number of carbonyl (C=O) groups is 2. The molecule has 2 aliphatic rings. The van der Waals surface area contributed by atoms with E-state index < -0.39 is 11.9 Å². The summed E-state index contributed by atoms with van der Waals surface area (Å²) in [6, 6.07) is 0. The number of rotatable bonds is 10. The second-order valence-corrected chi connectivity index (χ2v) is 13.6. The van der Waals surface area contributed by atoms with Gasteiger partial charge in [0.15, 0.2) is 0 Å². The number of hydrogen-bond donors (Lipinski definition) is 0. The molecule has 0 amide bonds. The van der Waals surface area contributed by atoms with E-state index in [1.165, 1.54) is 73.0 Å². The molecule has 0 unspecified atom stereocenters. The molecule has 0 saturated carbocycles. The molecule has 2 rings (SSSR count). The van der Waals surface area contributed by atoms with Crippen molar-refractivity contribution >= 4 is 11.9 Å². The van der Waals surface area contributed by atoms with Gasteiger partial charge in [-0.3, -0.25) is 0 Å². The van der Waals surface area contributed by atoms with Crippen LogP contribution in [0.1, 0.15) is 108 Å². The molecule has 3 heteroatoms. The van der Waals surface area contributed by atoms with E-state index in [1.807, 2.05) is 36.5 Å². The number of esters is 2. The third kappa shape index (κ3) is 12.4. The van der Waals surface area contributed by atoms with Gasteiger partial charge in [0.2, 0.25) is 0 Å². The van der Waals surface area contributed by atoms with Gasteiger partial charge in [-0.15, -0.1) is 0 Å². The van der Waals surface area contributed by atoms with Crippen LogP contribution >= 0.6 is 0 Å². The van der Waals surface area contributed by atoms with Crippen molar-refractivity contribution in [1.82, 2.24) is 0 Å². The molecule has 0 aliphatic heterocycles. The minimum atomic E-state index is -0.682. The fourth-order valence-electron chi connectivity index (χ4n) is 5.89. The van der Waals surface area contributed by atoms with Gasteiger partial charge in [0.05, 0.1) is 0 Å². The Morgan fingerprint density at radius 1 is 0.605 bits per heavy atom. The first-order valence-electron chi connectivity index (χ1n) is 15.7. The van der Waals surface area contributed by atoms with E-state index in [0.29, 0.717) is 11.1 Å². The van der Waals surface area contributed by atoms with Gasteiger partial charge in [0.1, 0.15) is 0 Å². The third-order valence-corrected chi connectivity index (χ3v) is 8.44. The van der Waals surface area contributed by atoms with Gasteiger partial charge in [0.25, 0.3) is 0 Å². The first-order valence-corrected chi connectivity index (χ1v) is 15.7. The standard InChI is InChI=1S/C40H54O3/c1-29(21-23-35-33(5)19-13-25-39(35,7)8)15-11-17-31(3)27-37(41)43-38(42)28-32(4)18-12-16-30(2)22-24-36-34(6)20-14-26-40(36,9)10/h11-12,15-18,21-24,27-28H,13-14,19-20,25-26H2,1-10H3/b17-11+,18-12+,23-21+,24-22+,29-15+,30-16+,31-27-,32-28+. The van der Waals surface area contributed by atoms with Crippen LogP contribution in [0.3, 0.4) is 0 Å². The maximum absolute atomic E-state index is 12.2. The largest absolute Gasteiger partial charge is 0.387 e. The molecule has 0 heterocycles. The number of hydrogen-bond acceptors (Lipinski definition) is 3. The van der Waals surface area contributed by atoms with Crippen molar-refractivity contribution in [3.05, 3.63) is 117 Å². The summed E-state index contributed by atoms with van der Waals surface area (Å²) in [4.78, 5) is 24.5. The molecule has 2 aliphatic carbocycles. The topological polar surface area (TPSA) is 43.4 Å². The van der Waals surface area contributed by atoms with Crippen LogP contribution in [0.4, 0.5) is 0 Å². The Kier molecular flexibility index (Phi) is 13.6. The van der Waals surface area contributed by atoms with Crippen molar-refractivity contribution in [1.29, 1.82) is 0 Å². The lowest BCUT2D eigenvalue weighted by molar-refractivity contribution is -0.152. The lowest BCUT2D eigenvalue weighted by Crippen LogP contribution is -2.19. The van der Waals surface area contributed by atoms with Gasteiger partial charge in [-0.05, 0) is 113 Å². The van der Waals surface area contributed by atoms with Gasteiger partial charge in [-0.1, -0.05) is 111 Å². The summed E-state index contributed by atoms with van der Waals surface area (Å²) < 4.78 is 4.96. The van der Waals surface area contributed by atoms with Crippen molar-refractivity contribution in [3.63, 3.8) is 0 Å². The van der Waals surface area contributed by atoms with Crippen LogP contribution in [0.2, 0.25) is 0 Å². The van der Waals surface area contributed by atoms with Gasteiger partial charge >= 0.3 is 11.9 Å². The molecule has 232 valence electrons. The molecule has 0 fully saturated rings. The molecular weight excluding hydrogens is 528 g/mol. The first-order chi connectivity index (χ1) is 20.1. The molecule has 0 aromatic rings. The van der Waals surface area contributed by atoms with Crippen molar-refractivity contribution in [3.8, 4) is 0 Å². The van der Waals surface area contributed by atoms with Crippen LogP contribution in [0.25, 0.3) is 0 Å². The zero-order valence-corrected chi connectivity index (χ0v) is 28.4. The van der Waals surface area contributed by atoms with Crippen LogP contribution in [-0.2, 0) is 14.3 Å². The summed E-state index contributed by atoms with van der Waals surface area (Å²) in [5.74, 6) is -1.36. The smallest absolute Gasteiger partial charge is 0.338 e. The Morgan fingerprint density at radius 3 is 1.33 bits per heavy atom. The second-order valence-electron chi connectivity index (χ2n) is 13.6. The summed E-state index contributed by atoms with van der Waals surface area (Å²) in [6.45, 7) is 21.5. The summed E-state index contributed by atoms with van der Waals surface area (Å²) >= 11 is 0. The number of ether oxygens (including phenoxy) is 1. The van der Waals surface area contributed by atoms with Crippen molar-refractivity contribution in [2.75, 3.05) is 0 Å². The maximum atomic E-state index is 12.2. The zero-order chi connectivity index (χ0) is 32.2. The molecule has 0 aromatic heterocycles. The lowest BCUT2D eigenvalue weighted by atomic mass is 9.72. The Morgan fingerprint density at radius 2 is 0.977 bits per heavy atom. The average molecular weight is 583 g/mol. The molecule has 43 heavy (non-hydrogen) atoms. The highest BCUT2D eigenvalue weighted by Crippen LogP contribution is 2.41. The van der Waals surface area contributed by atoms with E-state index in [-0.39, 0.29) is 10.8 Å². The van der Waals surface area contributed by atoms with Crippen molar-refractivity contribution in [2.24, 2.45) is 10.8 Å². The summed E-state index contributed by atoms with van der Waals surface area (Å²) in [6.07, 6.45) is 30.2.